The molecule has 1 N–H and O–H groups in total. The number of rotatable bonds is 7. The summed E-state index contributed by atoms with van der Waals surface area (Å²) in [6, 6.07) is 20.2. The number of carbonyl (C=O) groups excluding carboxylic acids is 1. The first-order chi connectivity index (χ1) is 15.2. The van der Waals surface area contributed by atoms with E-state index in [0.29, 0.717) is 39.0 Å². The minimum Gasteiger partial charge on any atom is -0.322 e. The number of benzene rings is 3. The van der Waals surface area contributed by atoms with Crippen molar-refractivity contribution in [3.05, 3.63) is 93.5 Å². The highest BCUT2D eigenvalue weighted by Crippen LogP contribution is 2.29. The second-order valence-electron chi connectivity index (χ2n) is 7.00. The van der Waals surface area contributed by atoms with E-state index in [1.165, 1.54) is 4.31 Å². The van der Waals surface area contributed by atoms with Crippen LogP contribution in [-0.2, 0) is 23.0 Å². The van der Waals surface area contributed by atoms with E-state index in [-0.39, 0.29) is 12.5 Å². The van der Waals surface area contributed by atoms with Crippen LogP contribution in [0.3, 0.4) is 0 Å². The van der Waals surface area contributed by atoms with Crippen LogP contribution in [0.2, 0.25) is 10.0 Å². The Morgan fingerprint density at radius 2 is 1.59 bits per heavy atom. The molecule has 0 aliphatic rings. The van der Waals surface area contributed by atoms with Crippen LogP contribution in [-0.4, -0.2) is 20.6 Å². The molecule has 0 bridgehead atoms. The summed E-state index contributed by atoms with van der Waals surface area (Å²) in [7, 11) is -3.65. The van der Waals surface area contributed by atoms with E-state index in [4.69, 9.17) is 28.5 Å². The lowest BCUT2D eigenvalue weighted by atomic mass is 10.1. The molecule has 0 aromatic heterocycles. The van der Waals surface area contributed by atoms with Gasteiger partial charge in [0.1, 0.15) is 0 Å². The van der Waals surface area contributed by atoms with E-state index < -0.39 is 10.0 Å². The molecular weight excluding hydrogens is 469 g/mol. The molecule has 3 aromatic carbocycles. The number of hydrogen-bond donors (Lipinski definition) is 1. The largest absolute Gasteiger partial charge is 0.322 e. The normalized spacial score (nSPS) is 10.9. The fourth-order valence-corrected chi connectivity index (χ4v) is 4.39. The van der Waals surface area contributed by atoms with Gasteiger partial charge in [-0.2, -0.15) is 5.26 Å². The van der Waals surface area contributed by atoms with Crippen molar-refractivity contribution < 1.29 is 13.2 Å². The molecule has 1 amide bonds. The van der Waals surface area contributed by atoms with Gasteiger partial charge in [0.2, 0.25) is 10.0 Å². The summed E-state index contributed by atoms with van der Waals surface area (Å²) >= 11 is 12.4. The van der Waals surface area contributed by atoms with E-state index in [9.17, 15) is 13.2 Å². The van der Waals surface area contributed by atoms with Crippen LogP contribution in [0, 0.1) is 11.3 Å². The zero-order valence-corrected chi connectivity index (χ0v) is 19.4. The van der Waals surface area contributed by atoms with E-state index in [1.807, 2.05) is 0 Å². The molecule has 0 spiro atoms. The van der Waals surface area contributed by atoms with Crippen molar-refractivity contribution in [3.63, 3.8) is 0 Å². The van der Waals surface area contributed by atoms with E-state index in [1.54, 1.807) is 66.7 Å². The predicted octanol–water partition coefficient (Wildman–Crippen LogP) is 5.28. The fraction of sp³-hybridized carbons (Fsp3) is 0.130. The van der Waals surface area contributed by atoms with Gasteiger partial charge in [0, 0.05) is 26.9 Å². The van der Waals surface area contributed by atoms with Gasteiger partial charge in [0.25, 0.3) is 5.91 Å². The van der Waals surface area contributed by atoms with E-state index in [2.05, 4.69) is 11.4 Å². The second-order valence-corrected chi connectivity index (χ2v) is 9.72. The molecular formula is C23H19Cl2N3O3S. The number of amides is 1. The third kappa shape index (κ3) is 5.80. The van der Waals surface area contributed by atoms with Crippen LogP contribution in [0.15, 0.2) is 66.7 Å². The summed E-state index contributed by atoms with van der Waals surface area (Å²) in [6.07, 6.45) is 1.39. The fourth-order valence-electron chi connectivity index (χ4n) is 3.01. The number of sulfonamides is 1. The molecule has 0 heterocycles. The van der Waals surface area contributed by atoms with Gasteiger partial charge in [0.15, 0.2) is 0 Å². The highest BCUT2D eigenvalue weighted by Gasteiger charge is 2.21. The van der Waals surface area contributed by atoms with Crippen molar-refractivity contribution >= 4 is 50.5 Å². The first-order valence-electron chi connectivity index (χ1n) is 9.47. The van der Waals surface area contributed by atoms with Gasteiger partial charge in [-0.25, -0.2) is 8.42 Å². The van der Waals surface area contributed by atoms with Gasteiger partial charge >= 0.3 is 0 Å². The zero-order valence-electron chi connectivity index (χ0n) is 17.0. The summed E-state index contributed by atoms with van der Waals surface area (Å²) in [5, 5.41) is 12.2. The molecule has 0 saturated heterocycles. The maximum absolute atomic E-state index is 12.6. The van der Waals surface area contributed by atoms with Gasteiger partial charge in [0.05, 0.1) is 31.0 Å². The number of nitrogens with one attached hydrogen (secondary N) is 1. The Labute approximate surface area is 197 Å². The summed E-state index contributed by atoms with van der Waals surface area (Å²) in [4.78, 5) is 12.6. The Kier molecular flexibility index (Phi) is 7.41. The highest BCUT2D eigenvalue weighted by molar-refractivity contribution is 7.92. The molecule has 0 radical (unpaired) electrons. The standard InChI is InChI=1S/C23H19Cl2N3O3S/c1-32(30,31)28(15-20-21(24)3-2-4-22(20)25)19-11-7-17(8-12-19)23(29)27-18-9-5-16(6-10-18)13-14-26/h2-12H,13,15H2,1H3,(H,27,29). The molecule has 3 aromatic rings. The third-order valence-electron chi connectivity index (χ3n) is 4.68. The van der Waals surface area contributed by atoms with Crippen LogP contribution in [0.25, 0.3) is 0 Å². The number of hydrogen-bond acceptors (Lipinski definition) is 4. The number of nitrogens with zero attached hydrogens (tertiary/aromatic N) is 2. The van der Waals surface area contributed by atoms with Gasteiger partial charge in [-0.15, -0.1) is 0 Å². The van der Waals surface area contributed by atoms with E-state index in [0.717, 1.165) is 11.8 Å². The van der Waals surface area contributed by atoms with Crippen molar-refractivity contribution in [1.82, 2.24) is 0 Å². The average molecular weight is 488 g/mol. The maximum Gasteiger partial charge on any atom is 0.255 e. The summed E-state index contributed by atoms with van der Waals surface area (Å²) in [5.74, 6) is -0.343. The van der Waals surface area contributed by atoms with Crippen LogP contribution in [0.4, 0.5) is 11.4 Å². The summed E-state index contributed by atoms with van der Waals surface area (Å²) in [6.45, 7) is -0.0437. The highest BCUT2D eigenvalue weighted by atomic mass is 35.5. The molecule has 3 rings (SSSR count). The Morgan fingerprint density at radius 1 is 1.00 bits per heavy atom. The summed E-state index contributed by atoms with van der Waals surface area (Å²) in [5.41, 5.74) is 2.67. The third-order valence-corrected chi connectivity index (χ3v) is 6.53. The van der Waals surface area contributed by atoms with Gasteiger partial charge in [-0.05, 0) is 54.1 Å². The van der Waals surface area contributed by atoms with Crippen molar-refractivity contribution in [1.29, 1.82) is 5.26 Å². The first-order valence-corrected chi connectivity index (χ1v) is 12.1. The molecule has 0 unspecified atom stereocenters. The lowest BCUT2D eigenvalue weighted by Crippen LogP contribution is -2.29. The van der Waals surface area contributed by atoms with Crippen molar-refractivity contribution in [2.45, 2.75) is 13.0 Å². The molecule has 0 saturated carbocycles. The number of nitriles is 1. The lowest BCUT2D eigenvalue weighted by Gasteiger charge is -2.23. The molecule has 9 heteroatoms. The molecule has 6 nitrogen and oxygen atoms in total. The molecule has 0 fully saturated rings. The van der Waals surface area contributed by atoms with Gasteiger partial charge in [-0.3, -0.25) is 9.10 Å². The smallest absolute Gasteiger partial charge is 0.255 e. The maximum atomic E-state index is 12.6. The second kappa shape index (κ2) is 10.0. The van der Waals surface area contributed by atoms with Crippen LogP contribution >= 0.6 is 23.2 Å². The molecule has 0 aliphatic carbocycles. The molecule has 0 aliphatic heterocycles. The number of halogens is 2. The van der Waals surface area contributed by atoms with Gasteiger partial charge in [-0.1, -0.05) is 41.4 Å². The van der Waals surface area contributed by atoms with Crippen molar-refractivity contribution in [2.75, 3.05) is 15.9 Å². The Hall–Kier alpha value is -3.05. The van der Waals surface area contributed by atoms with E-state index >= 15 is 0 Å². The zero-order chi connectivity index (χ0) is 23.3. The first kappa shape index (κ1) is 23.6. The van der Waals surface area contributed by atoms with Crippen LogP contribution in [0.5, 0.6) is 0 Å². The Morgan fingerprint density at radius 3 is 2.12 bits per heavy atom. The minimum atomic E-state index is -3.65. The summed E-state index contributed by atoms with van der Waals surface area (Å²) < 4.78 is 26.0. The number of anilines is 2. The van der Waals surface area contributed by atoms with Crippen molar-refractivity contribution in [3.8, 4) is 6.07 Å². The quantitative estimate of drug-likeness (QED) is 0.490. The monoisotopic (exact) mass is 487 g/mol. The number of carbonyl (C=O) groups is 1. The Balaban J connectivity index is 1.80. The van der Waals surface area contributed by atoms with Gasteiger partial charge < -0.3 is 5.32 Å². The van der Waals surface area contributed by atoms with Crippen molar-refractivity contribution in [2.24, 2.45) is 0 Å². The minimum absolute atomic E-state index is 0.0437. The SMILES string of the molecule is CS(=O)(=O)N(Cc1c(Cl)cccc1Cl)c1ccc(C(=O)Nc2ccc(CC#N)cc2)cc1. The van der Waals surface area contributed by atoms with Crippen LogP contribution < -0.4 is 9.62 Å². The lowest BCUT2D eigenvalue weighted by molar-refractivity contribution is 0.102. The molecule has 164 valence electrons. The topological polar surface area (TPSA) is 90.3 Å². The average Bonchev–Trinajstić information content (AvgIpc) is 2.74. The molecule has 0 atom stereocenters. The Bertz CT molecular complexity index is 1250. The van der Waals surface area contributed by atoms with Crippen LogP contribution in [0.1, 0.15) is 21.5 Å². The molecule has 32 heavy (non-hydrogen) atoms. The predicted molar refractivity (Wildman–Crippen MR) is 128 cm³/mol.